The average Bonchev–Trinajstić information content (AvgIpc) is 2.96. The zero-order valence-corrected chi connectivity index (χ0v) is 14.8. The van der Waals surface area contributed by atoms with E-state index in [1.165, 1.54) is 13.0 Å². The molecule has 0 fully saturated rings. The lowest BCUT2D eigenvalue weighted by molar-refractivity contribution is 0.101. The summed E-state index contributed by atoms with van der Waals surface area (Å²) in [5, 5.41) is 2.80. The molecule has 0 spiro atoms. The molecule has 0 bridgehead atoms. The number of nitrogens with zero attached hydrogens (tertiary/aromatic N) is 1. The van der Waals surface area contributed by atoms with Crippen LogP contribution in [-0.2, 0) is 0 Å². The Kier molecular flexibility index (Phi) is 4.90. The van der Waals surface area contributed by atoms with Gasteiger partial charge in [-0.1, -0.05) is 6.07 Å². The van der Waals surface area contributed by atoms with Gasteiger partial charge in [0.1, 0.15) is 21.5 Å². The molecule has 1 aromatic heterocycles. The summed E-state index contributed by atoms with van der Waals surface area (Å²) in [5.74, 6) is -1.97. The van der Waals surface area contributed by atoms with Crippen LogP contribution in [0.15, 0.2) is 42.5 Å². The third-order valence-electron chi connectivity index (χ3n) is 3.73. The number of rotatable bonds is 4. The number of anilines is 1. The molecule has 3 aromatic rings. The SMILES string of the molecule is CC(=O)c1ccc(NC(=O)c2sc(-c3c(F)cccc3F)nc2C)cc1. The molecule has 0 unspecified atom stereocenters. The second kappa shape index (κ2) is 7.13. The van der Waals surface area contributed by atoms with E-state index in [4.69, 9.17) is 0 Å². The van der Waals surface area contributed by atoms with Crippen LogP contribution in [0.1, 0.15) is 32.6 Å². The Morgan fingerprint density at radius 2 is 1.65 bits per heavy atom. The van der Waals surface area contributed by atoms with Gasteiger partial charge in [0.25, 0.3) is 5.91 Å². The van der Waals surface area contributed by atoms with Crippen molar-refractivity contribution in [2.75, 3.05) is 5.32 Å². The molecule has 0 radical (unpaired) electrons. The van der Waals surface area contributed by atoms with Crippen LogP contribution in [-0.4, -0.2) is 16.7 Å². The quantitative estimate of drug-likeness (QED) is 0.666. The van der Waals surface area contributed by atoms with E-state index in [-0.39, 0.29) is 21.2 Å². The number of thiazole rings is 1. The van der Waals surface area contributed by atoms with Crippen molar-refractivity contribution >= 4 is 28.7 Å². The van der Waals surface area contributed by atoms with Gasteiger partial charge in [0.2, 0.25) is 0 Å². The van der Waals surface area contributed by atoms with E-state index in [1.807, 2.05) is 0 Å². The molecule has 0 atom stereocenters. The van der Waals surface area contributed by atoms with Crippen molar-refractivity contribution in [3.63, 3.8) is 0 Å². The number of hydrogen-bond donors (Lipinski definition) is 1. The number of carbonyl (C=O) groups excluding carboxylic acids is 2. The summed E-state index contributed by atoms with van der Waals surface area (Å²) in [6.07, 6.45) is 0. The van der Waals surface area contributed by atoms with Crippen molar-refractivity contribution in [3.8, 4) is 10.6 Å². The Morgan fingerprint density at radius 3 is 2.23 bits per heavy atom. The molecule has 0 aliphatic rings. The van der Waals surface area contributed by atoms with Crippen LogP contribution < -0.4 is 5.32 Å². The van der Waals surface area contributed by atoms with Gasteiger partial charge in [-0.3, -0.25) is 9.59 Å². The molecule has 132 valence electrons. The van der Waals surface area contributed by atoms with Crippen LogP contribution in [0.5, 0.6) is 0 Å². The highest BCUT2D eigenvalue weighted by Gasteiger charge is 2.20. The van der Waals surface area contributed by atoms with E-state index in [2.05, 4.69) is 10.3 Å². The summed E-state index contributed by atoms with van der Waals surface area (Å²) in [4.78, 5) is 28.2. The summed E-state index contributed by atoms with van der Waals surface area (Å²) in [5.41, 5.74) is 1.18. The van der Waals surface area contributed by atoms with Crippen molar-refractivity contribution in [2.24, 2.45) is 0 Å². The van der Waals surface area contributed by atoms with E-state index in [0.29, 0.717) is 16.9 Å². The van der Waals surface area contributed by atoms with Crippen LogP contribution in [0.2, 0.25) is 0 Å². The minimum absolute atomic E-state index is 0.0715. The molecule has 0 aliphatic heterocycles. The monoisotopic (exact) mass is 372 g/mol. The van der Waals surface area contributed by atoms with Crippen LogP contribution in [0.25, 0.3) is 10.6 Å². The summed E-state index contributed by atoms with van der Waals surface area (Å²) in [6.45, 7) is 3.06. The highest BCUT2D eigenvalue weighted by atomic mass is 32.1. The van der Waals surface area contributed by atoms with Gasteiger partial charge in [-0.05, 0) is 50.2 Å². The molecule has 3 rings (SSSR count). The number of carbonyl (C=O) groups is 2. The van der Waals surface area contributed by atoms with Crippen molar-refractivity contribution < 1.29 is 18.4 Å². The topological polar surface area (TPSA) is 59.1 Å². The van der Waals surface area contributed by atoms with E-state index in [9.17, 15) is 18.4 Å². The van der Waals surface area contributed by atoms with E-state index in [0.717, 1.165) is 23.5 Å². The van der Waals surface area contributed by atoms with E-state index < -0.39 is 17.5 Å². The second-order valence-electron chi connectivity index (χ2n) is 5.62. The maximum atomic E-state index is 13.9. The number of hydrogen-bond acceptors (Lipinski definition) is 4. The fraction of sp³-hybridized carbons (Fsp3) is 0.105. The van der Waals surface area contributed by atoms with E-state index >= 15 is 0 Å². The summed E-state index contributed by atoms with van der Waals surface area (Å²) in [7, 11) is 0. The normalized spacial score (nSPS) is 10.6. The van der Waals surface area contributed by atoms with Crippen LogP contribution >= 0.6 is 11.3 Å². The third-order valence-corrected chi connectivity index (χ3v) is 4.90. The van der Waals surface area contributed by atoms with Gasteiger partial charge in [0.05, 0.1) is 11.3 Å². The Bertz CT molecular complexity index is 977. The summed E-state index contributed by atoms with van der Waals surface area (Å²) in [6, 6.07) is 10.0. The van der Waals surface area contributed by atoms with Crippen molar-refractivity contribution in [1.82, 2.24) is 4.98 Å². The van der Waals surface area contributed by atoms with Gasteiger partial charge in [-0.25, -0.2) is 13.8 Å². The van der Waals surface area contributed by atoms with Gasteiger partial charge >= 0.3 is 0 Å². The summed E-state index contributed by atoms with van der Waals surface area (Å²) >= 11 is 0.919. The number of ketones is 1. The first-order chi connectivity index (χ1) is 12.4. The number of aryl methyl sites for hydroxylation is 1. The van der Waals surface area contributed by atoms with E-state index in [1.54, 1.807) is 31.2 Å². The second-order valence-corrected chi connectivity index (χ2v) is 6.62. The lowest BCUT2D eigenvalue weighted by Gasteiger charge is -2.04. The molecule has 4 nitrogen and oxygen atoms in total. The highest BCUT2D eigenvalue weighted by molar-refractivity contribution is 7.17. The van der Waals surface area contributed by atoms with Crippen molar-refractivity contribution in [2.45, 2.75) is 13.8 Å². The maximum absolute atomic E-state index is 13.9. The van der Waals surface area contributed by atoms with Crippen LogP contribution in [0.3, 0.4) is 0 Å². The van der Waals surface area contributed by atoms with Gasteiger partial charge in [0.15, 0.2) is 5.78 Å². The zero-order valence-electron chi connectivity index (χ0n) is 14.0. The Balaban J connectivity index is 1.87. The molecular weight excluding hydrogens is 358 g/mol. The Labute approximate surface area is 152 Å². The molecule has 7 heteroatoms. The molecule has 1 N–H and O–H groups in total. The fourth-order valence-electron chi connectivity index (χ4n) is 2.39. The Morgan fingerprint density at radius 1 is 1.04 bits per heavy atom. The zero-order chi connectivity index (χ0) is 18.8. The largest absolute Gasteiger partial charge is 0.321 e. The number of aromatic nitrogens is 1. The first kappa shape index (κ1) is 17.9. The minimum Gasteiger partial charge on any atom is -0.321 e. The minimum atomic E-state index is -0.731. The van der Waals surface area contributed by atoms with Gasteiger partial charge in [-0.15, -0.1) is 11.3 Å². The number of nitrogens with one attached hydrogen (secondary N) is 1. The molecule has 0 aliphatic carbocycles. The first-order valence-corrected chi connectivity index (χ1v) is 8.52. The lowest BCUT2D eigenvalue weighted by atomic mass is 10.1. The third kappa shape index (κ3) is 3.52. The molecule has 2 aromatic carbocycles. The van der Waals surface area contributed by atoms with Crippen molar-refractivity contribution in [3.05, 3.63) is 70.2 Å². The highest BCUT2D eigenvalue weighted by Crippen LogP contribution is 2.32. The number of halogens is 2. The first-order valence-electron chi connectivity index (χ1n) is 7.71. The number of benzene rings is 2. The molecule has 1 heterocycles. The van der Waals surface area contributed by atoms with Crippen LogP contribution in [0, 0.1) is 18.6 Å². The summed E-state index contributed by atoms with van der Waals surface area (Å²) < 4.78 is 27.9. The fourth-order valence-corrected chi connectivity index (χ4v) is 3.40. The predicted octanol–water partition coefficient (Wildman–Crippen LogP) is 4.85. The Hall–Kier alpha value is -2.93. The van der Waals surface area contributed by atoms with Gasteiger partial charge in [-0.2, -0.15) is 0 Å². The van der Waals surface area contributed by atoms with Gasteiger partial charge in [0, 0.05) is 11.3 Å². The molecule has 0 saturated carbocycles. The average molecular weight is 372 g/mol. The van der Waals surface area contributed by atoms with Crippen LogP contribution in [0.4, 0.5) is 14.5 Å². The number of amides is 1. The molecule has 0 saturated heterocycles. The standard InChI is InChI=1S/C19H14F2N2O2S/c1-10-17(18(25)23-13-8-6-12(7-9-13)11(2)24)26-19(22-10)16-14(20)4-3-5-15(16)21/h3-9H,1-2H3,(H,23,25). The van der Waals surface area contributed by atoms with Crippen molar-refractivity contribution in [1.29, 1.82) is 0 Å². The number of Topliss-reactive ketones (excluding diaryl/α,β-unsaturated/α-hetero) is 1. The lowest BCUT2D eigenvalue weighted by Crippen LogP contribution is -2.11. The van der Waals surface area contributed by atoms with Gasteiger partial charge < -0.3 is 5.32 Å². The molecule has 26 heavy (non-hydrogen) atoms. The molecular formula is C19H14F2N2O2S. The smallest absolute Gasteiger partial charge is 0.267 e. The predicted molar refractivity (Wildman–Crippen MR) is 96.6 cm³/mol. The molecule has 1 amide bonds. The maximum Gasteiger partial charge on any atom is 0.267 e.